The molecule has 76 valence electrons. The topological polar surface area (TPSA) is 50.9 Å². The smallest absolute Gasteiger partial charge is 0.0512 e. The number of hydrogen-bond donors (Lipinski definition) is 2. The molecule has 0 aromatic carbocycles. The van der Waals surface area contributed by atoms with Crippen LogP contribution in [0.3, 0.4) is 0 Å². The zero-order valence-corrected chi connectivity index (χ0v) is 8.75. The highest BCUT2D eigenvalue weighted by Crippen LogP contribution is 2.19. The predicted octanol–water partition coefficient (Wildman–Crippen LogP) is 1.86. The Balaban J connectivity index is 2.83. The van der Waals surface area contributed by atoms with Gasteiger partial charge < -0.3 is 0 Å². The average Bonchev–Trinajstić information content (AvgIpc) is 2.14. The quantitative estimate of drug-likeness (QED) is 0.434. The van der Waals surface area contributed by atoms with Gasteiger partial charge in [-0.3, -0.25) is 16.3 Å². The molecule has 1 unspecified atom stereocenters. The van der Waals surface area contributed by atoms with Crippen LogP contribution in [0.1, 0.15) is 30.5 Å². The van der Waals surface area contributed by atoms with Gasteiger partial charge in [-0.2, -0.15) is 0 Å². The van der Waals surface area contributed by atoms with Crippen LogP contribution in [0, 0.1) is 6.92 Å². The number of aryl methyl sites for hydroxylation is 1. The van der Waals surface area contributed by atoms with E-state index in [2.05, 4.69) is 23.1 Å². The van der Waals surface area contributed by atoms with Crippen LogP contribution < -0.4 is 11.3 Å². The standard InChI is InChI=1S/C11H17N3/c1-8(2)4-11(14-12)10-5-9(3)6-13-7-10/h5-7,11,14H,1,4,12H2,2-3H3. The lowest BCUT2D eigenvalue weighted by atomic mass is 10.0. The molecule has 0 spiro atoms. The van der Waals surface area contributed by atoms with Gasteiger partial charge in [-0.1, -0.05) is 11.6 Å². The molecule has 0 aliphatic heterocycles. The lowest BCUT2D eigenvalue weighted by Crippen LogP contribution is -2.28. The number of hydrogen-bond acceptors (Lipinski definition) is 3. The predicted molar refractivity (Wildman–Crippen MR) is 58.5 cm³/mol. The molecule has 0 fully saturated rings. The molecule has 1 atom stereocenters. The molecule has 1 heterocycles. The van der Waals surface area contributed by atoms with Gasteiger partial charge in [-0.25, -0.2) is 0 Å². The molecule has 0 radical (unpaired) electrons. The molecule has 3 heteroatoms. The van der Waals surface area contributed by atoms with Crippen LogP contribution in [0.25, 0.3) is 0 Å². The van der Waals surface area contributed by atoms with Gasteiger partial charge in [0.05, 0.1) is 6.04 Å². The van der Waals surface area contributed by atoms with Crippen LogP contribution in [-0.4, -0.2) is 4.98 Å². The summed E-state index contributed by atoms with van der Waals surface area (Å²) in [5, 5.41) is 0. The van der Waals surface area contributed by atoms with Crippen molar-refractivity contribution in [2.45, 2.75) is 26.3 Å². The monoisotopic (exact) mass is 191 g/mol. The highest BCUT2D eigenvalue weighted by Gasteiger charge is 2.09. The summed E-state index contributed by atoms with van der Waals surface area (Å²) in [4.78, 5) is 4.14. The highest BCUT2D eigenvalue weighted by molar-refractivity contribution is 5.21. The lowest BCUT2D eigenvalue weighted by molar-refractivity contribution is 0.548. The number of rotatable bonds is 4. The van der Waals surface area contributed by atoms with Gasteiger partial charge in [-0.05, 0) is 31.4 Å². The van der Waals surface area contributed by atoms with Crippen molar-refractivity contribution in [3.63, 3.8) is 0 Å². The molecule has 0 aliphatic rings. The largest absolute Gasteiger partial charge is 0.271 e. The van der Waals surface area contributed by atoms with Crippen molar-refractivity contribution < 1.29 is 0 Å². The third-order valence-corrected chi connectivity index (χ3v) is 2.05. The minimum absolute atomic E-state index is 0.111. The number of hydrazine groups is 1. The summed E-state index contributed by atoms with van der Waals surface area (Å²) >= 11 is 0. The highest BCUT2D eigenvalue weighted by atomic mass is 15.2. The van der Waals surface area contributed by atoms with E-state index in [-0.39, 0.29) is 6.04 Å². The second-order valence-corrected chi connectivity index (χ2v) is 3.68. The van der Waals surface area contributed by atoms with Gasteiger partial charge in [0.15, 0.2) is 0 Å². The molecule has 0 amide bonds. The van der Waals surface area contributed by atoms with E-state index < -0.39 is 0 Å². The normalized spacial score (nSPS) is 12.5. The van der Waals surface area contributed by atoms with E-state index in [1.807, 2.05) is 26.2 Å². The van der Waals surface area contributed by atoms with Crippen LogP contribution >= 0.6 is 0 Å². The Bertz CT molecular complexity index is 320. The first-order valence-corrected chi connectivity index (χ1v) is 4.65. The maximum atomic E-state index is 5.48. The van der Waals surface area contributed by atoms with Crippen LogP contribution in [0.15, 0.2) is 30.6 Å². The Morgan fingerprint density at radius 2 is 2.36 bits per heavy atom. The Morgan fingerprint density at radius 3 is 2.86 bits per heavy atom. The third-order valence-electron chi connectivity index (χ3n) is 2.05. The Labute approximate surface area is 85.0 Å². The maximum absolute atomic E-state index is 5.48. The van der Waals surface area contributed by atoms with Crippen molar-refractivity contribution in [3.8, 4) is 0 Å². The number of nitrogens with two attached hydrogens (primary N) is 1. The molecule has 1 rings (SSSR count). The summed E-state index contributed by atoms with van der Waals surface area (Å²) in [7, 11) is 0. The maximum Gasteiger partial charge on any atom is 0.0512 e. The Hall–Kier alpha value is -1.19. The first-order valence-electron chi connectivity index (χ1n) is 4.65. The van der Waals surface area contributed by atoms with Gasteiger partial charge >= 0.3 is 0 Å². The lowest BCUT2D eigenvalue weighted by Gasteiger charge is -2.16. The molecular formula is C11H17N3. The van der Waals surface area contributed by atoms with Crippen molar-refractivity contribution in [2.75, 3.05) is 0 Å². The van der Waals surface area contributed by atoms with Gasteiger partial charge in [0.25, 0.3) is 0 Å². The third kappa shape index (κ3) is 2.94. The van der Waals surface area contributed by atoms with Crippen molar-refractivity contribution in [3.05, 3.63) is 41.7 Å². The van der Waals surface area contributed by atoms with Crippen LogP contribution in [0.4, 0.5) is 0 Å². The van der Waals surface area contributed by atoms with Gasteiger partial charge in [0.1, 0.15) is 0 Å². The van der Waals surface area contributed by atoms with Crippen molar-refractivity contribution in [1.29, 1.82) is 0 Å². The summed E-state index contributed by atoms with van der Waals surface area (Å²) in [6.07, 6.45) is 4.50. The number of nitrogens with zero attached hydrogens (tertiary/aromatic N) is 1. The van der Waals surface area contributed by atoms with Crippen molar-refractivity contribution in [2.24, 2.45) is 5.84 Å². The van der Waals surface area contributed by atoms with E-state index in [9.17, 15) is 0 Å². The molecule has 0 bridgehead atoms. The molecular weight excluding hydrogens is 174 g/mol. The zero-order chi connectivity index (χ0) is 10.6. The Kier molecular flexibility index (Phi) is 3.80. The molecule has 14 heavy (non-hydrogen) atoms. The van der Waals surface area contributed by atoms with Crippen LogP contribution in [0.2, 0.25) is 0 Å². The molecule has 0 saturated carbocycles. The summed E-state index contributed by atoms with van der Waals surface area (Å²) in [6.45, 7) is 7.89. The molecule has 0 aliphatic carbocycles. The van der Waals surface area contributed by atoms with Crippen molar-refractivity contribution >= 4 is 0 Å². The van der Waals surface area contributed by atoms with Crippen LogP contribution in [0.5, 0.6) is 0 Å². The number of nitrogens with one attached hydrogen (secondary N) is 1. The summed E-state index contributed by atoms with van der Waals surface area (Å²) in [5.74, 6) is 5.48. The average molecular weight is 191 g/mol. The zero-order valence-electron chi connectivity index (χ0n) is 8.75. The fourth-order valence-corrected chi connectivity index (χ4v) is 1.39. The summed E-state index contributed by atoms with van der Waals surface area (Å²) in [6, 6.07) is 2.19. The summed E-state index contributed by atoms with van der Waals surface area (Å²) in [5.41, 5.74) is 6.13. The SMILES string of the molecule is C=C(C)CC(NN)c1cncc(C)c1. The number of pyridine rings is 1. The van der Waals surface area contributed by atoms with Gasteiger partial charge in [0, 0.05) is 12.4 Å². The minimum atomic E-state index is 0.111. The van der Waals surface area contributed by atoms with E-state index in [1.54, 1.807) is 0 Å². The van der Waals surface area contributed by atoms with E-state index in [0.717, 1.165) is 23.1 Å². The van der Waals surface area contributed by atoms with Crippen LogP contribution in [-0.2, 0) is 0 Å². The van der Waals surface area contributed by atoms with E-state index in [1.165, 1.54) is 0 Å². The van der Waals surface area contributed by atoms with E-state index >= 15 is 0 Å². The van der Waals surface area contributed by atoms with E-state index in [4.69, 9.17) is 5.84 Å². The molecule has 1 aromatic heterocycles. The fourth-order valence-electron chi connectivity index (χ4n) is 1.39. The second kappa shape index (κ2) is 4.88. The first kappa shape index (κ1) is 10.9. The van der Waals surface area contributed by atoms with E-state index in [0.29, 0.717) is 0 Å². The Morgan fingerprint density at radius 1 is 1.64 bits per heavy atom. The minimum Gasteiger partial charge on any atom is -0.271 e. The van der Waals surface area contributed by atoms with Gasteiger partial charge in [-0.15, -0.1) is 6.58 Å². The second-order valence-electron chi connectivity index (χ2n) is 3.68. The number of aromatic nitrogens is 1. The molecule has 1 aromatic rings. The molecule has 3 nitrogen and oxygen atoms in total. The fraction of sp³-hybridized carbons (Fsp3) is 0.364. The summed E-state index contributed by atoms with van der Waals surface area (Å²) < 4.78 is 0. The molecule has 3 N–H and O–H groups in total. The first-order chi connectivity index (χ1) is 6.63. The van der Waals surface area contributed by atoms with Gasteiger partial charge in [0.2, 0.25) is 0 Å². The molecule has 0 saturated heterocycles. The van der Waals surface area contributed by atoms with Crippen molar-refractivity contribution in [1.82, 2.24) is 10.4 Å².